The second-order valence-electron chi connectivity index (χ2n) is 4.46. The first-order chi connectivity index (χ1) is 9.79. The van der Waals surface area contributed by atoms with Gasteiger partial charge in [0.15, 0.2) is 0 Å². The number of benzene rings is 1. The number of aromatic amines is 1. The molecule has 1 aromatic heterocycles. The first kappa shape index (κ1) is 14.2. The summed E-state index contributed by atoms with van der Waals surface area (Å²) in [6, 6.07) is 9.74. The molecule has 0 saturated heterocycles. The highest BCUT2D eigenvalue weighted by molar-refractivity contribution is 5.76. The predicted octanol–water partition coefficient (Wildman–Crippen LogP) is 0.758. The summed E-state index contributed by atoms with van der Waals surface area (Å²) in [5.41, 5.74) is 1.05. The van der Waals surface area contributed by atoms with E-state index < -0.39 is 0 Å². The van der Waals surface area contributed by atoms with E-state index in [0.717, 1.165) is 5.56 Å². The number of carbonyl (C=O) groups is 1. The minimum Gasteiger partial charge on any atom is -0.395 e. The molecule has 0 fully saturated rings. The number of nitrogens with zero attached hydrogens (tertiary/aromatic N) is 3. The van der Waals surface area contributed by atoms with Crippen molar-refractivity contribution >= 4 is 5.91 Å². The maximum atomic E-state index is 12.2. The molecule has 2 N–H and O–H groups in total. The fraction of sp³-hybridized carbons (Fsp3) is 0.357. The molecule has 20 heavy (non-hydrogen) atoms. The molecular weight excluding hydrogens is 256 g/mol. The van der Waals surface area contributed by atoms with E-state index in [-0.39, 0.29) is 12.5 Å². The molecule has 0 aliphatic carbocycles. The third-order valence-corrected chi connectivity index (χ3v) is 2.98. The number of nitrogens with one attached hydrogen (secondary N) is 1. The Morgan fingerprint density at radius 3 is 2.75 bits per heavy atom. The summed E-state index contributed by atoms with van der Waals surface area (Å²) in [4.78, 5) is 17.8. The molecule has 1 amide bonds. The highest BCUT2D eigenvalue weighted by atomic mass is 16.3. The number of rotatable bonds is 7. The Kier molecular flexibility index (Phi) is 5.25. The van der Waals surface area contributed by atoms with Crippen molar-refractivity contribution in [2.45, 2.75) is 19.4 Å². The lowest BCUT2D eigenvalue weighted by atomic mass is 10.2. The third kappa shape index (κ3) is 4.17. The van der Waals surface area contributed by atoms with Crippen molar-refractivity contribution < 1.29 is 9.90 Å². The number of aryl methyl sites for hydroxylation is 1. The van der Waals surface area contributed by atoms with E-state index in [9.17, 15) is 4.79 Å². The van der Waals surface area contributed by atoms with Gasteiger partial charge in [-0.3, -0.25) is 9.89 Å². The predicted molar refractivity (Wildman–Crippen MR) is 73.6 cm³/mol. The lowest BCUT2D eigenvalue weighted by Crippen LogP contribution is -2.33. The zero-order valence-electron chi connectivity index (χ0n) is 11.2. The van der Waals surface area contributed by atoms with Gasteiger partial charge < -0.3 is 10.0 Å². The Balaban J connectivity index is 1.91. The number of carbonyl (C=O) groups excluding carboxylic acids is 1. The highest BCUT2D eigenvalue weighted by Crippen LogP contribution is 2.07. The number of H-pyrrole nitrogens is 1. The summed E-state index contributed by atoms with van der Waals surface area (Å²) >= 11 is 0. The Labute approximate surface area is 117 Å². The first-order valence-electron chi connectivity index (χ1n) is 6.56. The molecule has 106 valence electrons. The number of aliphatic hydroxyl groups is 1. The zero-order valence-corrected chi connectivity index (χ0v) is 11.2. The first-order valence-corrected chi connectivity index (χ1v) is 6.56. The Bertz CT molecular complexity index is 513. The monoisotopic (exact) mass is 274 g/mol. The van der Waals surface area contributed by atoms with Crippen LogP contribution in [0, 0.1) is 0 Å². The van der Waals surface area contributed by atoms with E-state index in [0.29, 0.717) is 31.8 Å². The summed E-state index contributed by atoms with van der Waals surface area (Å²) in [5, 5.41) is 15.6. The van der Waals surface area contributed by atoms with Gasteiger partial charge in [-0.2, -0.15) is 5.10 Å². The quantitative estimate of drug-likeness (QED) is 0.781. The number of amides is 1. The molecule has 0 atom stereocenters. The van der Waals surface area contributed by atoms with Crippen LogP contribution in [0.4, 0.5) is 0 Å². The smallest absolute Gasteiger partial charge is 0.223 e. The maximum absolute atomic E-state index is 12.2. The highest BCUT2D eigenvalue weighted by Gasteiger charge is 2.14. The average molecular weight is 274 g/mol. The molecule has 6 nitrogen and oxygen atoms in total. The van der Waals surface area contributed by atoms with Gasteiger partial charge in [-0.1, -0.05) is 30.3 Å². The van der Waals surface area contributed by atoms with Crippen LogP contribution in [0.25, 0.3) is 0 Å². The van der Waals surface area contributed by atoms with E-state index in [2.05, 4.69) is 15.2 Å². The van der Waals surface area contributed by atoms with E-state index in [4.69, 9.17) is 5.11 Å². The van der Waals surface area contributed by atoms with Gasteiger partial charge in [0.25, 0.3) is 0 Å². The third-order valence-electron chi connectivity index (χ3n) is 2.98. The molecule has 1 aromatic carbocycles. The fourth-order valence-electron chi connectivity index (χ4n) is 1.95. The summed E-state index contributed by atoms with van der Waals surface area (Å²) < 4.78 is 0. The van der Waals surface area contributed by atoms with Gasteiger partial charge in [0.2, 0.25) is 5.91 Å². The number of hydrogen-bond acceptors (Lipinski definition) is 4. The molecule has 0 saturated carbocycles. The van der Waals surface area contributed by atoms with Crippen LogP contribution in [0.1, 0.15) is 17.8 Å². The molecular formula is C14H18N4O2. The van der Waals surface area contributed by atoms with Crippen LogP contribution in [0.5, 0.6) is 0 Å². The van der Waals surface area contributed by atoms with Gasteiger partial charge in [-0.25, -0.2) is 4.98 Å². The topological polar surface area (TPSA) is 82.1 Å². The normalized spacial score (nSPS) is 10.4. The largest absolute Gasteiger partial charge is 0.395 e. The molecule has 1 heterocycles. The van der Waals surface area contributed by atoms with Crippen LogP contribution < -0.4 is 0 Å². The van der Waals surface area contributed by atoms with Gasteiger partial charge in [0.05, 0.1) is 6.61 Å². The second kappa shape index (κ2) is 7.40. The molecule has 0 bridgehead atoms. The fourth-order valence-corrected chi connectivity index (χ4v) is 1.95. The van der Waals surface area contributed by atoms with Crippen LogP contribution >= 0.6 is 0 Å². The molecule has 2 aromatic rings. The second-order valence-corrected chi connectivity index (χ2v) is 4.46. The molecule has 0 radical (unpaired) electrons. The van der Waals surface area contributed by atoms with Crippen LogP contribution in [0.2, 0.25) is 0 Å². The van der Waals surface area contributed by atoms with Crippen molar-refractivity contribution in [3.8, 4) is 0 Å². The zero-order chi connectivity index (χ0) is 14.2. The summed E-state index contributed by atoms with van der Waals surface area (Å²) in [7, 11) is 0. The van der Waals surface area contributed by atoms with E-state index >= 15 is 0 Å². The molecule has 0 unspecified atom stereocenters. The number of aromatic nitrogens is 3. The van der Waals surface area contributed by atoms with Crippen molar-refractivity contribution in [3.63, 3.8) is 0 Å². The summed E-state index contributed by atoms with van der Waals surface area (Å²) in [6.07, 6.45) is 2.30. The van der Waals surface area contributed by atoms with Gasteiger partial charge >= 0.3 is 0 Å². The van der Waals surface area contributed by atoms with E-state index in [1.165, 1.54) is 6.33 Å². The molecule has 0 spiro atoms. The van der Waals surface area contributed by atoms with Gasteiger partial charge in [0.1, 0.15) is 12.2 Å². The molecule has 6 heteroatoms. The van der Waals surface area contributed by atoms with E-state index in [1.807, 2.05) is 30.3 Å². The van der Waals surface area contributed by atoms with Crippen molar-refractivity contribution in [1.82, 2.24) is 20.1 Å². The molecule has 0 aliphatic rings. The maximum Gasteiger partial charge on any atom is 0.223 e. The molecule has 2 rings (SSSR count). The van der Waals surface area contributed by atoms with Crippen molar-refractivity contribution in [3.05, 3.63) is 48.0 Å². The van der Waals surface area contributed by atoms with Crippen LogP contribution in [0.3, 0.4) is 0 Å². The molecule has 0 aliphatic heterocycles. The van der Waals surface area contributed by atoms with Gasteiger partial charge in [-0.05, 0) is 5.56 Å². The Morgan fingerprint density at radius 1 is 1.30 bits per heavy atom. The van der Waals surface area contributed by atoms with Gasteiger partial charge in [-0.15, -0.1) is 0 Å². The summed E-state index contributed by atoms with van der Waals surface area (Å²) in [5.74, 6) is 0.696. The van der Waals surface area contributed by atoms with Crippen LogP contribution in [-0.4, -0.2) is 44.2 Å². The number of hydrogen-bond donors (Lipinski definition) is 2. The standard InChI is InChI=1S/C14H18N4O2/c19-9-8-18(10-12-4-2-1-3-5-12)14(20)7-6-13-15-11-16-17-13/h1-5,11,19H,6-10H2,(H,15,16,17). The Morgan fingerprint density at radius 2 is 2.10 bits per heavy atom. The Hall–Kier alpha value is -2.21. The lowest BCUT2D eigenvalue weighted by Gasteiger charge is -2.21. The van der Waals surface area contributed by atoms with Crippen molar-refractivity contribution in [2.24, 2.45) is 0 Å². The van der Waals surface area contributed by atoms with Crippen molar-refractivity contribution in [1.29, 1.82) is 0 Å². The average Bonchev–Trinajstić information content (AvgIpc) is 2.99. The minimum absolute atomic E-state index is 0.000645. The summed E-state index contributed by atoms with van der Waals surface area (Å²) in [6.45, 7) is 0.807. The minimum atomic E-state index is -0.0408. The van der Waals surface area contributed by atoms with Crippen LogP contribution in [-0.2, 0) is 17.8 Å². The number of aliphatic hydroxyl groups excluding tert-OH is 1. The van der Waals surface area contributed by atoms with Crippen LogP contribution in [0.15, 0.2) is 36.7 Å². The lowest BCUT2D eigenvalue weighted by molar-refractivity contribution is -0.132. The SMILES string of the molecule is O=C(CCc1ncn[nH]1)N(CCO)Cc1ccccc1. The van der Waals surface area contributed by atoms with Gasteiger partial charge in [0, 0.05) is 25.9 Å². The van der Waals surface area contributed by atoms with E-state index in [1.54, 1.807) is 4.90 Å². The van der Waals surface area contributed by atoms with Crippen molar-refractivity contribution in [2.75, 3.05) is 13.2 Å².